The van der Waals surface area contributed by atoms with Crippen molar-refractivity contribution in [3.05, 3.63) is 78.1 Å². The van der Waals surface area contributed by atoms with E-state index in [9.17, 15) is 8.42 Å². The number of nitrogens with one attached hydrogen (secondary N) is 1. The van der Waals surface area contributed by atoms with Crippen molar-refractivity contribution in [2.75, 3.05) is 6.54 Å². The number of aryl methyl sites for hydroxylation is 1. The minimum atomic E-state index is -3.49. The third-order valence-corrected chi connectivity index (χ3v) is 5.20. The zero-order valence-corrected chi connectivity index (χ0v) is 14.7. The van der Waals surface area contributed by atoms with Gasteiger partial charge in [-0.3, -0.25) is 0 Å². The number of sulfonamides is 1. The van der Waals surface area contributed by atoms with E-state index >= 15 is 0 Å². The maximum absolute atomic E-state index is 12.3. The molecule has 0 unspecified atom stereocenters. The topological polar surface area (TPSA) is 72.0 Å². The lowest BCUT2D eigenvalue weighted by atomic mass is 10.2. The molecule has 0 radical (unpaired) electrons. The molecule has 3 aromatic rings. The van der Waals surface area contributed by atoms with Gasteiger partial charge in [0, 0.05) is 24.5 Å². The Bertz CT molecular complexity index is 940. The van der Waals surface area contributed by atoms with Gasteiger partial charge in [0.25, 0.3) is 0 Å². The smallest absolute Gasteiger partial charge is 0.236 e. The number of hydrogen-bond acceptors (Lipinski definition) is 4. The first-order chi connectivity index (χ1) is 12.0. The van der Waals surface area contributed by atoms with Gasteiger partial charge in [-0.05, 0) is 36.6 Å². The Hall–Kier alpha value is -2.57. The van der Waals surface area contributed by atoms with Crippen LogP contribution >= 0.6 is 0 Å². The first-order valence-corrected chi connectivity index (χ1v) is 9.45. The molecule has 0 saturated carbocycles. The largest absolute Gasteiger partial charge is 0.240 e. The van der Waals surface area contributed by atoms with Gasteiger partial charge in [-0.1, -0.05) is 42.5 Å². The van der Waals surface area contributed by atoms with Crippen LogP contribution in [0.4, 0.5) is 0 Å². The Morgan fingerprint density at radius 1 is 0.960 bits per heavy atom. The van der Waals surface area contributed by atoms with Gasteiger partial charge in [0.1, 0.15) is 0 Å². The van der Waals surface area contributed by atoms with E-state index in [1.165, 1.54) is 0 Å². The summed E-state index contributed by atoms with van der Waals surface area (Å²) in [4.78, 5) is 8.97. The third-order valence-electron chi connectivity index (χ3n) is 3.74. The van der Waals surface area contributed by atoms with Crippen LogP contribution in [0, 0.1) is 6.92 Å². The van der Waals surface area contributed by atoms with Gasteiger partial charge >= 0.3 is 0 Å². The molecule has 3 rings (SSSR count). The summed E-state index contributed by atoms with van der Waals surface area (Å²) in [6.07, 6.45) is 3.99. The summed E-state index contributed by atoms with van der Waals surface area (Å²) in [5.41, 5.74) is 2.74. The Balaban J connectivity index is 1.60. The fraction of sp³-hybridized carbons (Fsp3) is 0.158. The van der Waals surface area contributed by atoms with Crippen LogP contribution < -0.4 is 4.72 Å². The minimum Gasteiger partial charge on any atom is -0.236 e. The van der Waals surface area contributed by atoms with Crippen molar-refractivity contribution in [3.63, 3.8) is 0 Å². The molecule has 1 N–H and O–H groups in total. The standard InChI is InChI=1S/C19H19N3O2S/c1-15-6-5-9-18(12-15)25(23,24)22-11-10-16-13-20-19(21-14-16)17-7-3-2-4-8-17/h2-9,12-14,22H,10-11H2,1H3. The molecule has 6 heteroatoms. The van der Waals surface area contributed by atoms with Gasteiger partial charge in [-0.2, -0.15) is 0 Å². The van der Waals surface area contributed by atoms with Gasteiger partial charge in [-0.25, -0.2) is 23.1 Å². The normalized spacial score (nSPS) is 11.4. The maximum Gasteiger partial charge on any atom is 0.240 e. The van der Waals surface area contributed by atoms with Crippen LogP contribution in [0.25, 0.3) is 11.4 Å². The molecule has 0 amide bonds. The molecular formula is C19H19N3O2S. The molecular weight excluding hydrogens is 334 g/mol. The van der Waals surface area contributed by atoms with Crippen LogP contribution in [-0.4, -0.2) is 24.9 Å². The second-order valence-electron chi connectivity index (χ2n) is 5.75. The summed E-state index contributed by atoms with van der Waals surface area (Å²) in [5, 5.41) is 0. The van der Waals surface area contributed by atoms with E-state index < -0.39 is 10.0 Å². The van der Waals surface area contributed by atoms with E-state index in [-0.39, 0.29) is 4.90 Å². The van der Waals surface area contributed by atoms with Crippen molar-refractivity contribution in [2.45, 2.75) is 18.2 Å². The zero-order chi connectivity index (χ0) is 17.7. The molecule has 5 nitrogen and oxygen atoms in total. The molecule has 0 saturated heterocycles. The van der Waals surface area contributed by atoms with Crippen molar-refractivity contribution in [1.82, 2.24) is 14.7 Å². The van der Waals surface area contributed by atoms with Crippen molar-refractivity contribution in [3.8, 4) is 11.4 Å². The van der Waals surface area contributed by atoms with Crippen LogP contribution in [0.1, 0.15) is 11.1 Å². The molecule has 0 aliphatic carbocycles. The van der Waals surface area contributed by atoms with E-state index in [0.29, 0.717) is 18.8 Å². The second kappa shape index (κ2) is 7.55. The fourth-order valence-electron chi connectivity index (χ4n) is 2.42. The summed E-state index contributed by atoms with van der Waals surface area (Å²) >= 11 is 0. The molecule has 128 valence electrons. The first kappa shape index (κ1) is 17.3. The van der Waals surface area contributed by atoms with E-state index in [0.717, 1.165) is 16.7 Å². The van der Waals surface area contributed by atoms with E-state index in [1.54, 1.807) is 30.6 Å². The summed E-state index contributed by atoms with van der Waals surface area (Å²) in [6, 6.07) is 16.6. The Labute approximate surface area is 147 Å². The fourth-order valence-corrected chi connectivity index (χ4v) is 3.55. The predicted octanol–water partition coefficient (Wildman–Crippen LogP) is 2.97. The average molecular weight is 353 g/mol. The van der Waals surface area contributed by atoms with E-state index in [4.69, 9.17) is 0 Å². The van der Waals surface area contributed by atoms with Crippen LogP contribution in [0.5, 0.6) is 0 Å². The predicted molar refractivity (Wildman–Crippen MR) is 97.5 cm³/mol. The maximum atomic E-state index is 12.3. The highest BCUT2D eigenvalue weighted by molar-refractivity contribution is 7.89. The minimum absolute atomic E-state index is 0.281. The van der Waals surface area contributed by atoms with Crippen molar-refractivity contribution in [2.24, 2.45) is 0 Å². The van der Waals surface area contributed by atoms with Gasteiger partial charge < -0.3 is 0 Å². The SMILES string of the molecule is Cc1cccc(S(=O)(=O)NCCc2cnc(-c3ccccc3)nc2)c1. The number of nitrogens with zero attached hydrogens (tertiary/aromatic N) is 2. The molecule has 1 heterocycles. The molecule has 0 bridgehead atoms. The molecule has 0 fully saturated rings. The lowest BCUT2D eigenvalue weighted by Gasteiger charge is -2.07. The molecule has 2 aromatic carbocycles. The monoisotopic (exact) mass is 353 g/mol. The van der Waals surface area contributed by atoms with E-state index in [2.05, 4.69) is 14.7 Å². The Morgan fingerprint density at radius 3 is 2.36 bits per heavy atom. The summed E-state index contributed by atoms with van der Waals surface area (Å²) in [6.45, 7) is 2.16. The highest BCUT2D eigenvalue weighted by Gasteiger charge is 2.13. The number of hydrogen-bond donors (Lipinski definition) is 1. The number of aromatic nitrogens is 2. The summed E-state index contributed by atoms with van der Waals surface area (Å²) in [5.74, 6) is 0.657. The van der Waals surface area contributed by atoms with Crippen LogP contribution in [-0.2, 0) is 16.4 Å². The van der Waals surface area contributed by atoms with Crippen LogP contribution in [0.15, 0.2) is 71.9 Å². The van der Waals surface area contributed by atoms with Gasteiger partial charge in [-0.15, -0.1) is 0 Å². The summed E-state index contributed by atoms with van der Waals surface area (Å²) < 4.78 is 27.2. The molecule has 25 heavy (non-hydrogen) atoms. The number of rotatable bonds is 6. The highest BCUT2D eigenvalue weighted by atomic mass is 32.2. The average Bonchev–Trinajstić information content (AvgIpc) is 2.63. The van der Waals surface area contributed by atoms with Gasteiger partial charge in [0.15, 0.2) is 5.82 Å². The molecule has 0 atom stereocenters. The van der Waals surface area contributed by atoms with E-state index in [1.807, 2.05) is 43.3 Å². The molecule has 0 aliphatic heterocycles. The molecule has 0 aliphatic rings. The first-order valence-electron chi connectivity index (χ1n) is 7.97. The van der Waals surface area contributed by atoms with Gasteiger partial charge in [0.2, 0.25) is 10.0 Å². The van der Waals surface area contributed by atoms with Gasteiger partial charge in [0.05, 0.1) is 4.90 Å². The Morgan fingerprint density at radius 2 is 1.68 bits per heavy atom. The highest BCUT2D eigenvalue weighted by Crippen LogP contribution is 2.14. The third kappa shape index (κ3) is 4.49. The quantitative estimate of drug-likeness (QED) is 0.739. The molecule has 1 aromatic heterocycles. The zero-order valence-electron chi connectivity index (χ0n) is 13.9. The van der Waals surface area contributed by atoms with Crippen molar-refractivity contribution < 1.29 is 8.42 Å². The number of benzene rings is 2. The molecule has 0 spiro atoms. The summed E-state index contributed by atoms with van der Waals surface area (Å²) in [7, 11) is -3.49. The lowest BCUT2D eigenvalue weighted by molar-refractivity contribution is 0.581. The van der Waals surface area contributed by atoms with Crippen molar-refractivity contribution in [1.29, 1.82) is 0 Å². The van der Waals surface area contributed by atoms with Crippen LogP contribution in [0.2, 0.25) is 0 Å². The second-order valence-corrected chi connectivity index (χ2v) is 7.51. The van der Waals surface area contributed by atoms with Crippen molar-refractivity contribution >= 4 is 10.0 Å². The Kier molecular flexibility index (Phi) is 5.21. The van der Waals surface area contributed by atoms with Crippen LogP contribution in [0.3, 0.4) is 0 Å². The lowest BCUT2D eigenvalue weighted by Crippen LogP contribution is -2.26.